The lowest BCUT2D eigenvalue weighted by atomic mass is 10.0. The van der Waals surface area contributed by atoms with Gasteiger partial charge in [-0.15, -0.1) is 0 Å². The first-order valence-corrected chi connectivity index (χ1v) is 5.26. The second kappa shape index (κ2) is 6.86. The zero-order chi connectivity index (χ0) is 11.1. The van der Waals surface area contributed by atoms with Gasteiger partial charge in [-0.25, -0.2) is 0 Å². The van der Waals surface area contributed by atoms with Gasteiger partial charge in [0.05, 0.1) is 6.10 Å². The molecule has 80 valence electrons. The fourth-order valence-electron chi connectivity index (χ4n) is 1.10. The van der Waals surface area contributed by atoms with Crippen LogP contribution < -0.4 is 0 Å². The van der Waals surface area contributed by atoms with Crippen LogP contribution in [0.15, 0.2) is 34.9 Å². The summed E-state index contributed by atoms with van der Waals surface area (Å²) in [4.78, 5) is 0. The van der Waals surface area contributed by atoms with E-state index in [0.717, 1.165) is 17.6 Å². The molecular weight excluding hydrogens is 196 g/mol. The van der Waals surface area contributed by atoms with E-state index < -0.39 is 0 Å². The van der Waals surface area contributed by atoms with Crippen LogP contribution in [0.25, 0.3) is 0 Å². The third kappa shape index (κ3) is 4.64. The van der Waals surface area contributed by atoms with Gasteiger partial charge in [-0.3, -0.25) is 0 Å². The fraction of sp³-hybridized carbons (Fsp3) is 0.500. The lowest BCUT2D eigenvalue weighted by Gasteiger charge is -2.11. The zero-order valence-electron chi connectivity index (χ0n) is 9.18. The number of halogens is 1. The minimum absolute atomic E-state index is 0.325. The summed E-state index contributed by atoms with van der Waals surface area (Å²) in [6.07, 6.45) is 4.85. The number of hydrogen-bond donors (Lipinski definition) is 1. The van der Waals surface area contributed by atoms with Crippen LogP contribution in [0.1, 0.15) is 33.6 Å². The second-order valence-corrected chi connectivity index (χ2v) is 3.76. The summed E-state index contributed by atoms with van der Waals surface area (Å²) in [6, 6.07) is 0. The standard InChI is InChI=1S/C12H19ClO/c1-5-7-10(8-11(14)6-2)12(13)9(3)4/h5,7,11,14H,3,6,8H2,1-2,4H3. The van der Waals surface area contributed by atoms with Crippen LogP contribution in [0.5, 0.6) is 0 Å². The molecule has 1 atom stereocenters. The number of hydrogen-bond acceptors (Lipinski definition) is 1. The van der Waals surface area contributed by atoms with E-state index in [1.54, 1.807) is 0 Å². The monoisotopic (exact) mass is 214 g/mol. The largest absolute Gasteiger partial charge is 0.393 e. The minimum Gasteiger partial charge on any atom is -0.393 e. The quantitative estimate of drug-likeness (QED) is 0.691. The lowest BCUT2D eigenvalue weighted by molar-refractivity contribution is 0.171. The Morgan fingerprint density at radius 3 is 2.50 bits per heavy atom. The third-order valence-corrected chi connectivity index (χ3v) is 2.52. The predicted molar refractivity (Wildman–Crippen MR) is 63.4 cm³/mol. The van der Waals surface area contributed by atoms with Crippen molar-refractivity contribution in [1.82, 2.24) is 0 Å². The van der Waals surface area contributed by atoms with Crippen molar-refractivity contribution >= 4 is 11.6 Å². The van der Waals surface area contributed by atoms with Gasteiger partial charge in [0, 0.05) is 5.03 Å². The molecule has 0 aromatic carbocycles. The molecule has 0 fully saturated rings. The highest BCUT2D eigenvalue weighted by Crippen LogP contribution is 2.23. The van der Waals surface area contributed by atoms with E-state index in [1.165, 1.54) is 0 Å². The molecule has 0 radical (unpaired) electrons. The van der Waals surface area contributed by atoms with Crippen LogP contribution in [-0.4, -0.2) is 11.2 Å². The van der Waals surface area contributed by atoms with Crippen molar-refractivity contribution in [2.24, 2.45) is 0 Å². The van der Waals surface area contributed by atoms with Crippen molar-refractivity contribution < 1.29 is 5.11 Å². The Bertz CT molecular complexity index is 251. The van der Waals surface area contributed by atoms with E-state index in [2.05, 4.69) is 6.58 Å². The van der Waals surface area contributed by atoms with E-state index in [4.69, 9.17) is 11.6 Å². The van der Waals surface area contributed by atoms with Crippen molar-refractivity contribution in [3.8, 4) is 0 Å². The van der Waals surface area contributed by atoms with Crippen molar-refractivity contribution in [3.63, 3.8) is 0 Å². The van der Waals surface area contributed by atoms with Gasteiger partial charge >= 0.3 is 0 Å². The molecule has 14 heavy (non-hydrogen) atoms. The van der Waals surface area contributed by atoms with Crippen molar-refractivity contribution in [1.29, 1.82) is 0 Å². The van der Waals surface area contributed by atoms with E-state index in [9.17, 15) is 5.11 Å². The van der Waals surface area contributed by atoms with Gasteiger partial charge in [0.2, 0.25) is 0 Å². The summed E-state index contributed by atoms with van der Waals surface area (Å²) in [5.41, 5.74) is 1.79. The lowest BCUT2D eigenvalue weighted by Crippen LogP contribution is -2.05. The molecule has 2 heteroatoms. The summed E-state index contributed by atoms with van der Waals surface area (Å²) in [7, 11) is 0. The molecule has 0 saturated heterocycles. The van der Waals surface area contributed by atoms with Gasteiger partial charge in [0.25, 0.3) is 0 Å². The maximum absolute atomic E-state index is 9.53. The first-order chi connectivity index (χ1) is 6.52. The molecular formula is C12H19ClO. The van der Waals surface area contributed by atoms with Crippen molar-refractivity contribution in [2.75, 3.05) is 0 Å². The van der Waals surface area contributed by atoms with E-state index in [-0.39, 0.29) is 6.10 Å². The SMILES string of the molecule is C=C(C)C(Cl)=C(C=CC)CC(O)CC. The van der Waals surface area contributed by atoms with Crippen LogP contribution >= 0.6 is 11.6 Å². The summed E-state index contributed by atoms with van der Waals surface area (Å²) in [6.45, 7) is 9.53. The molecule has 0 aliphatic carbocycles. The van der Waals surface area contributed by atoms with Gasteiger partial charge < -0.3 is 5.11 Å². The Hall–Kier alpha value is -0.530. The molecule has 1 nitrogen and oxygen atoms in total. The molecule has 0 aliphatic heterocycles. The predicted octanol–water partition coefficient (Wildman–Crippen LogP) is 3.79. The second-order valence-electron chi connectivity index (χ2n) is 3.39. The average Bonchev–Trinajstić information content (AvgIpc) is 2.15. The maximum Gasteiger partial charge on any atom is 0.0578 e. The molecule has 0 aromatic rings. The first kappa shape index (κ1) is 13.5. The van der Waals surface area contributed by atoms with E-state index in [1.807, 2.05) is 32.9 Å². The first-order valence-electron chi connectivity index (χ1n) is 4.88. The molecule has 0 rings (SSSR count). The molecule has 0 aliphatic rings. The third-order valence-electron chi connectivity index (χ3n) is 1.95. The van der Waals surface area contributed by atoms with Crippen molar-refractivity contribution in [3.05, 3.63) is 34.9 Å². The Morgan fingerprint density at radius 2 is 2.14 bits per heavy atom. The van der Waals surface area contributed by atoms with Gasteiger partial charge in [-0.2, -0.15) is 0 Å². The molecule has 0 aromatic heterocycles. The highest BCUT2D eigenvalue weighted by Gasteiger charge is 2.07. The van der Waals surface area contributed by atoms with Crippen LogP contribution in [-0.2, 0) is 0 Å². The van der Waals surface area contributed by atoms with Gasteiger partial charge in [0.15, 0.2) is 0 Å². The highest BCUT2D eigenvalue weighted by molar-refractivity contribution is 6.32. The summed E-state index contributed by atoms with van der Waals surface area (Å²) in [5.74, 6) is 0. The summed E-state index contributed by atoms with van der Waals surface area (Å²) in [5, 5.41) is 10.2. The maximum atomic E-state index is 9.53. The molecule has 0 bridgehead atoms. The number of aliphatic hydroxyl groups is 1. The molecule has 0 spiro atoms. The minimum atomic E-state index is -0.325. The fourth-order valence-corrected chi connectivity index (χ4v) is 1.24. The van der Waals surface area contributed by atoms with Crippen LogP contribution in [0, 0.1) is 0 Å². The van der Waals surface area contributed by atoms with Crippen LogP contribution in [0.4, 0.5) is 0 Å². The number of rotatable bonds is 5. The Kier molecular flexibility index (Phi) is 6.60. The van der Waals surface area contributed by atoms with Crippen LogP contribution in [0.2, 0.25) is 0 Å². The normalized spacial score (nSPS) is 15.5. The number of aliphatic hydroxyl groups excluding tert-OH is 1. The van der Waals surface area contributed by atoms with Crippen LogP contribution in [0.3, 0.4) is 0 Å². The summed E-state index contributed by atoms with van der Waals surface area (Å²) < 4.78 is 0. The average molecular weight is 215 g/mol. The Labute approximate surface area is 91.8 Å². The molecule has 1 N–H and O–H groups in total. The number of allylic oxidation sites excluding steroid dienone is 4. The topological polar surface area (TPSA) is 20.2 Å². The molecule has 0 heterocycles. The Balaban J connectivity index is 4.76. The smallest absolute Gasteiger partial charge is 0.0578 e. The van der Waals surface area contributed by atoms with Crippen molar-refractivity contribution in [2.45, 2.75) is 39.7 Å². The highest BCUT2D eigenvalue weighted by atomic mass is 35.5. The van der Waals surface area contributed by atoms with E-state index in [0.29, 0.717) is 11.5 Å². The van der Waals surface area contributed by atoms with E-state index >= 15 is 0 Å². The van der Waals surface area contributed by atoms with Gasteiger partial charge in [-0.05, 0) is 37.8 Å². The molecule has 1 unspecified atom stereocenters. The Morgan fingerprint density at radius 1 is 1.57 bits per heavy atom. The van der Waals surface area contributed by atoms with Gasteiger partial charge in [0.1, 0.15) is 0 Å². The zero-order valence-corrected chi connectivity index (χ0v) is 9.93. The van der Waals surface area contributed by atoms with Gasteiger partial charge in [-0.1, -0.05) is 37.3 Å². The summed E-state index contributed by atoms with van der Waals surface area (Å²) >= 11 is 6.08. The molecule has 0 amide bonds. The molecule has 0 saturated carbocycles.